The monoisotopic (exact) mass is 195 g/mol. The van der Waals surface area contributed by atoms with Crippen molar-refractivity contribution in [2.45, 2.75) is 45.1 Å². The highest BCUT2D eigenvalue weighted by Gasteiger charge is 2.29. The van der Waals surface area contributed by atoms with Crippen LogP contribution >= 0.6 is 0 Å². The molecule has 1 atom stereocenters. The predicted octanol–water partition coefficient (Wildman–Crippen LogP) is 2.01. The van der Waals surface area contributed by atoms with Crippen molar-refractivity contribution in [2.75, 3.05) is 6.54 Å². The van der Waals surface area contributed by atoms with E-state index in [1.54, 1.807) is 0 Å². The summed E-state index contributed by atoms with van der Waals surface area (Å²) in [5.41, 5.74) is 0. The average molecular weight is 195 g/mol. The lowest BCUT2D eigenvalue weighted by Gasteiger charge is -2.06. The van der Waals surface area contributed by atoms with Gasteiger partial charge in [0.2, 0.25) is 5.89 Å². The first-order valence-electron chi connectivity index (χ1n) is 5.38. The van der Waals surface area contributed by atoms with Gasteiger partial charge in [-0.15, -0.1) is 0 Å². The molecule has 0 aromatic carbocycles. The number of hydrogen-bond donors (Lipinski definition) is 1. The highest BCUT2D eigenvalue weighted by Crippen LogP contribution is 2.38. The SMILES string of the molecule is CCCNC(C)c1nc(C2CC2)no1. The van der Waals surface area contributed by atoms with Gasteiger partial charge in [0.05, 0.1) is 6.04 Å². The molecule has 1 fully saturated rings. The Morgan fingerprint density at radius 2 is 2.36 bits per heavy atom. The molecule has 2 rings (SSSR count). The second-order valence-electron chi connectivity index (χ2n) is 3.94. The maximum Gasteiger partial charge on any atom is 0.243 e. The van der Waals surface area contributed by atoms with Gasteiger partial charge in [0.1, 0.15) is 0 Å². The number of hydrogen-bond acceptors (Lipinski definition) is 4. The first-order valence-corrected chi connectivity index (χ1v) is 5.38. The van der Waals surface area contributed by atoms with Gasteiger partial charge in [-0.25, -0.2) is 0 Å². The maximum absolute atomic E-state index is 5.20. The van der Waals surface area contributed by atoms with E-state index in [0.29, 0.717) is 5.92 Å². The summed E-state index contributed by atoms with van der Waals surface area (Å²) in [6, 6.07) is 0.176. The summed E-state index contributed by atoms with van der Waals surface area (Å²) in [6.45, 7) is 5.19. The summed E-state index contributed by atoms with van der Waals surface area (Å²) < 4.78 is 5.20. The molecule has 1 saturated carbocycles. The van der Waals surface area contributed by atoms with E-state index in [2.05, 4.69) is 29.3 Å². The van der Waals surface area contributed by atoms with Crippen LogP contribution in [0, 0.1) is 0 Å². The third-order valence-electron chi connectivity index (χ3n) is 2.47. The van der Waals surface area contributed by atoms with E-state index < -0.39 is 0 Å². The summed E-state index contributed by atoms with van der Waals surface area (Å²) in [4.78, 5) is 4.38. The van der Waals surface area contributed by atoms with Crippen LogP contribution in [0.5, 0.6) is 0 Å². The predicted molar refractivity (Wildman–Crippen MR) is 53.0 cm³/mol. The van der Waals surface area contributed by atoms with Crippen LogP contribution in [0.25, 0.3) is 0 Å². The van der Waals surface area contributed by atoms with Crippen LogP contribution < -0.4 is 5.32 Å². The molecule has 4 heteroatoms. The van der Waals surface area contributed by atoms with E-state index in [-0.39, 0.29) is 6.04 Å². The van der Waals surface area contributed by atoms with E-state index in [4.69, 9.17) is 4.52 Å². The fourth-order valence-electron chi connectivity index (χ4n) is 1.38. The molecule has 0 spiro atoms. The molecular weight excluding hydrogens is 178 g/mol. The molecule has 0 amide bonds. The molecule has 0 radical (unpaired) electrons. The quantitative estimate of drug-likeness (QED) is 0.780. The number of rotatable bonds is 5. The Kier molecular flexibility index (Phi) is 2.82. The molecular formula is C10H17N3O. The molecule has 1 unspecified atom stereocenters. The topological polar surface area (TPSA) is 51.0 Å². The van der Waals surface area contributed by atoms with E-state index in [9.17, 15) is 0 Å². The Morgan fingerprint density at radius 3 is 3.00 bits per heavy atom. The van der Waals surface area contributed by atoms with Crippen molar-refractivity contribution in [3.05, 3.63) is 11.7 Å². The second-order valence-corrected chi connectivity index (χ2v) is 3.94. The smallest absolute Gasteiger partial charge is 0.243 e. The van der Waals surface area contributed by atoms with Gasteiger partial charge in [-0.3, -0.25) is 0 Å². The van der Waals surface area contributed by atoms with E-state index in [1.165, 1.54) is 12.8 Å². The van der Waals surface area contributed by atoms with E-state index in [0.717, 1.165) is 24.7 Å². The molecule has 0 aliphatic heterocycles. The Morgan fingerprint density at radius 1 is 1.57 bits per heavy atom. The second kappa shape index (κ2) is 4.09. The van der Waals surface area contributed by atoms with Crippen molar-refractivity contribution in [3.8, 4) is 0 Å². The highest BCUT2D eigenvalue weighted by molar-refractivity contribution is 5.04. The van der Waals surface area contributed by atoms with Crippen molar-refractivity contribution >= 4 is 0 Å². The fourth-order valence-corrected chi connectivity index (χ4v) is 1.38. The Labute approximate surface area is 84.1 Å². The maximum atomic E-state index is 5.20. The van der Waals surface area contributed by atoms with Gasteiger partial charge >= 0.3 is 0 Å². The van der Waals surface area contributed by atoms with Crippen molar-refractivity contribution in [2.24, 2.45) is 0 Å². The van der Waals surface area contributed by atoms with Crippen molar-refractivity contribution in [3.63, 3.8) is 0 Å². The van der Waals surface area contributed by atoms with Crippen molar-refractivity contribution in [1.29, 1.82) is 0 Å². The molecule has 1 aromatic heterocycles. The fraction of sp³-hybridized carbons (Fsp3) is 0.800. The van der Waals surface area contributed by atoms with Crippen LogP contribution in [0.3, 0.4) is 0 Å². The zero-order chi connectivity index (χ0) is 9.97. The molecule has 0 saturated heterocycles. The van der Waals surface area contributed by atoms with Crippen LogP contribution in [-0.2, 0) is 0 Å². The molecule has 1 aliphatic carbocycles. The molecule has 1 aliphatic rings. The molecule has 1 aromatic rings. The molecule has 1 heterocycles. The summed E-state index contributed by atoms with van der Waals surface area (Å²) in [6.07, 6.45) is 3.56. The van der Waals surface area contributed by atoms with Gasteiger partial charge in [0.25, 0.3) is 0 Å². The number of aromatic nitrogens is 2. The summed E-state index contributed by atoms with van der Waals surface area (Å²) >= 11 is 0. The van der Waals surface area contributed by atoms with Gasteiger partial charge in [-0.1, -0.05) is 12.1 Å². The minimum absolute atomic E-state index is 0.176. The van der Waals surface area contributed by atoms with Gasteiger partial charge in [-0.05, 0) is 32.7 Å². The van der Waals surface area contributed by atoms with Gasteiger partial charge in [-0.2, -0.15) is 4.98 Å². The Bertz CT molecular complexity index is 293. The molecule has 78 valence electrons. The lowest BCUT2D eigenvalue weighted by Crippen LogP contribution is -2.19. The normalized spacial score (nSPS) is 18.4. The summed E-state index contributed by atoms with van der Waals surface area (Å²) in [5, 5.41) is 7.31. The zero-order valence-corrected chi connectivity index (χ0v) is 8.79. The van der Waals surface area contributed by atoms with Crippen LogP contribution in [0.15, 0.2) is 4.52 Å². The van der Waals surface area contributed by atoms with Crippen molar-refractivity contribution < 1.29 is 4.52 Å². The minimum atomic E-state index is 0.176. The van der Waals surface area contributed by atoms with E-state index in [1.807, 2.05) is 0 Å². The van der Waals surface area contributed by atoms with Gasteiger partial charge in [0, 0.05) is 5.92 Å². The molecule has 4 nitrogen and oxygen atoms in total. The third-order valence-corrected chi connectivity index (χ3v) is 2.47. The summed E-state index contributed by atoms with van der Waals surface area (Å²) in [5.74, 6) is 2.19. The summed E-state index contributed by atoms with van der Waals surface area (Å²) in [7, 11) is 0. The average Bonchev–Trinajstić information content (AvgIpc) is 2.93. The van der Waals surface area contributed by atoms with Crippen LogP contribution in [0.1, 0.15) is 56.8 Å². The van der Waals surface area contributed by atoms with Crippen LogP contribution in [-0.4, -0.2) is 16.7 Å². The third kappa shape index (κ3) is 2.12. The number of nitrogens with one attached hydrogen (secondary N) is 1. The Balaban J connectivity index is 1.93. The highest BCUT2D eigenvalue weighted by atomic mass is 16.5. The minimum Gasteiger partial charge on any atom is -0.338 e. The molecule has 14 heavy (non-hydrogen) atoms. The zero-order valence-electron chi connectivity index (χ0n) is 8.79. The lowest BCUT2D eigenvalue weighted by molar-refractivity contribution is 0.336. The Hall–Kier alpha value is -0.900. The lowest BCUT2D eigenvalue weighted by atomic mass is 10.3. The van der Waals surface area contributed by atoms with Gasteiger partial charge < -0.3 is 9.84 Å². The van der Waals surface area contributed by atoms with Gasteiger partial charge in [0.15, 0.2) is 5.82 Å². The van der Waals surface area contributed by atoms with Crippen LogP contribution in [0.2, 0.25) is 0 Å². The van der Waals surface area contributed by atoms with Crippen molar-refractivity contribution in [1.82, 2.24) is 15.5 Å². The first kappa shape index (κ1) is 9.65. The standard InChI is InChI=1S/C10H17N3O/c1-3-6-11-7(2)10-12-9(13-14-10)8-4-5-8/h7-8,11H,3-6H2,1-2H3. The number of nitrogens with zero attached hydrogens (tertiary/aromatic N) is 2. The molecule has 1 N–H and O–H groups in total. The van der Waals surface area contributed by atoms with E-state index >= 15 is 0 Å². The van der Waals surface area contributed by atoms with Crippen LogP contribution in [0.4, 0.5) is 0 Å². The largest absolute Gasteiger partial charge is 0.338 e. The molecule has 0 bridgehead atoms. The first-order chi connectivity index (χ1) is 6.81.